The highest BCUT2D eigenvalue weighted by Crippen LogP contribution is 2.25. The summed E-state index contributed by atoms with van der Waals surface area (Å²) < 4.78 is 0. The lowest BCUT2D eigenvalue weighted by Gasteiger charge is -2.31. The van der Waals surface area contributed by atoms with Crippen molar-refractivity contribution in [2.24, 2.45) is 0 Å². The number of nitrogens with zero attached hydrogens (tertiary/aromatic N) is 4. The Kier molecular flexibility index (Phi) is 4.57. The van der Waals surface area contributed by atoms with Gasteiger partial charge >= 0.3 is 0 Å². The highest BCUT2D eigenvalue weighted by atomic mass is 35.5. The summed E-state index contributed by atoms with van der Waals surface area (Å²) in [6.45, 7) is 2.26. The van der Waals surface area contributed by atoms with E-state index in [1.807, 2.05) is 6.07 Å². The van der Waals surface area contributed by atoms with Crippen LogP contribution < -0.4 is 5.32 Å². The molecule has 0 radical (unpaired) electrons. The van der Waals surface area contributed by atoms with Crippen molar-refractivity contribution in [3.63, 3.8) is 0 Å². The first kappa shape index (κ1) is 13.6. The number of likely N-dealkylation sites (tertiary alicyclic amines) is 1. The zero-order chi connectivity index (χ0) is 13.7. The van der Waals surface area contributed by atoms with Crippen LogP contribution in [0.15, 0.2) is 12.3 Å². The van der Waals surface area contributed by atoms with Gasteiger partial charge in [0.15, 0.2) is 0 Å². The number of hydrogen-bond acceptors (Lipinski definition) is 5. The van der Waals surface area contributed by atoms with Crippen LogP contribution in [0.2, 0.25) is 5.02 Å². The van der Waals surface area contributed by atoms with Crippen molar-refractivity contribution in [1.82, 2.24) is 9.88 Å². The molecule has 2 heterocycles. The average molecular weight is 276 g/mol. The van der Waals surface area contributed by atoms with E-state index in [1.54, 1.807) is 12.3 Å². The van der Waals surface area contributed by atoms with E-state index in [2.05, 4.69) is 21.3 Å². The van der Waals surface area contributed by atoms with Gasteiger partial charge in [-0.3, -0.25) is 4.90 Å². The summed E-state index contributed by atoms with van der Waals surface area (Å²) in [7, 11) is 0. The van der Waals surface area contributed by atoms with E-state index in [0.29, 0.717) is 22.9 Å². The van der Waals surface area contributed by atoms with E-state index < -0.39 is 0 Å². The first-order valence-corrected chi connectivity index (χ1v) is 6.53. The largest absolute Gasteiger partial charge is 0.366 e. The van der Waals surface area contributed by atoms with Crippen molar-refractivity contribution in [3.8, 4) is 12.1 Å². The molecule has 0 atom stereocenters. The van der Waals surface area contributed by atoms with Crippen LogP contribution in [0, 0.1) is 22.7 Å². The van der Waals surface area contributed by atoms with Crippen LogP contribution in [0.3, 0.4) is 0 Å². The summed E-state index contributed by atoms with van der Waals surface area (Å²) in [6.07, 6.45) is 3.46. The number of piperidine rings is 1. The Morgan fingerprint density at radius 2 is 2.16 bits per heavy atom. The Hall–Kier alpha value is -1.82. The minimum Gasteiger partial charge on any atom is -0.366 e. The minimum absolute atomic E-state index is 0.286. The molecule has 1 aliphatic rings. The third-order valence-electron chi connectivity index (χ3n) is 3.23. The van der Waals surface area contributed by atoms with Crippen LogP contribution in [0.25, 0.3) is 0 Å². The van der Waals surface area contributed by atoms with Crippen molar-refractivity contribution in [2.45, 2.75) is 18.9 Å². The van der Waals surface area contributed by atoms with Crippen LogP contribution in [-0.2, 0) is 0 Å². The lowest BCUT2D eigenvalue weighted by atomic mass is 10.1. The molecule has 0 amide bonds. The van der Waals surface area contributed by atoms with Crippen LogP contribution in [0.4, 0.5) is 5.82 Å². The predicted molar refractivity (Wildman–Crippen MR) is 72.7 cm³/mol. The number of nitrogens with one attached hydrogen (secondary N) is 1. The average Bonchev–Trinajstić information content (AvgIpc) is 2.43. The summed E-state index contributed by atoms with van der Waals surface area (Å²) >= 11 is 6.11. The topological polar surface area (TPSA) is 75.7 Å². The van der Waals surface area contributed by atoms with E-state index in [1.165, 1.54) is 0 Å². The van der Waals surface area contributed by atoms with Gasteiger partial charge in [0.1, 0.15) is 16.9 Å². The number of anilines is 1. The monoisotopic (exact) mass is 275 g/mol. The molecule has 0 unspecified atom stereocenters. The Bertz CT molecular complexity index is 523. The number of rotatable bonds is 3. The Morgan fingerprint density at radius 3 is 2.79 bits per heavy atom. The van der Waals surface area contributed by atoms with Gasteiger partial charge in [0.25, 0.3) is 0 Å². The third kappa shape index (κ3) is 3.35. The fourth-order valence-electron chi connectivity index (χ4n) is 2.16. The van der Waals surface area contributed by atoms with E-state index in [4.69, 9.17) is 22.1 Å². The molecule has 1 aromatic rings. The molecule has 0 aromatic carbocycles. The highest BCUT2D eigenvalue weighted by molar-refractivity contribution is 6.34. The Morgan fingerprint density at radius 1 is 1.42 bits per heavy atom. The molecule has 0 spiro atoms. The van der Waals surface area contributed by atoms with E-state index in [9.17, 15) is 0 Å². The summed E-state index contributed by atoms with van der Waals surface area (Å²) in [6, 6.07) is 6.09. The number of hydrogen-bond donors (Lipinski definition) is 1. The molecular weight excluding hydrogens is 262 g/mol. The quantitative estimate of drug-likeness (QED) is 0.854. The summed E-state index contributed by atoms with van der Waals surface area (Å²) in [4.78, 5) is 6.30. The van der Waals surface area contributed by atoms with Gasteiger partial charge in [-0.05, 0) is 18.9 Å². The molecule has 98 valence electrons. The molecule has 1 aliphatic heterocycles. The van der Waals surface area contributed by atoms with Gasteiger partial charge in [0.05, 0.1) is 18.2 Å². The van der Waals surface area contributed by atoms with Gasteiger partial charge in [-0.1, -0.05) is 11.6 Å². The molecule has 1 N–H and O–H groups in total. The summed E-state index contributed by atoms with van der Waals surface area (Å²) in [5.74, 6) is 0.569. The number of aromatic nitrogens is 1. The molecule has 2 rings (SSSR count). The number of halogens is 1. The van der Waals surface area contributed by atoms with Gasteiger partial charge in [0.2, 0.25) is 0 Å². The van der Waals surface area contributed by atoms with Gasteiger partial charge in [0, 0.05) is 25.3 Å². The maximum Gasteiger partial charge on any atom is 0.146 e. The van der Waals surface area contributed by atoms with Gasteiger partial charge in [-0.15, -0.1) is 0 Å². The van der Waals surface area contributed by atoms with Crippen molar-refractivity contribution < 1.29 is 0 Å². The first-order valence-electron chi connectivity index (χ1n) is 6.15. The van der Waals surface area contributed by atoms with E-state index >= 15 is 0 Å². The third-order valence-corrected chi connectivity index (χ3v) is 3.62. The second-order valence-corrected chi connectivity index (χ2v) is 4.86. The zero-order valence-electron chi connectivity index (χ0n) is 10.4. The SMILES string of the molecule is N#CCN1CCC(Nc2nccc(C#N)c2Cl)CC1. The van der Waals surface area contributed by atoms with Crippen LogP contribution in [-0.4, -0.2) is 35.6 Å². The van der Waals surface area contributed by atoms with E-state index in [0.717, 1.165) is 25.9 Å². The fourth-order valence-corrected chi connectivity index (χ4v) is 2.37. The van der Waals surface area contributed by atoms with Crippen molar-refractivity contribution in [2.75, 3.05) is 25.0 Å². The molecule has 1 aromatic heterocycles. The van der Waals surface area contributed by atoms with Crippen molar-refractivity contribution >= 4 is 17.4 Å². The highest BCUT2D eigenvalue weighted by Gasteiger charge is 2.20. The molecular formula is C13H14ClN5. The molecule has 1 saturated heterocycles. The zero-order valence-corrected chi connectivity index (χ0v) is 11.2. The van der Waals surface area contributed by atoms with Crippen molar-refractivity contribution in [1.29, 1.82) is 10.5 Å². The Balaban J connectivity index is 1.97. The second-order valence-electron chi connectivity index (χ2n) is 4.49. The minimum atomic E-state index is 0.286. The predicted octanol–water partition coefficient (Wildman–Crippen LogP) is 2.01. The fraction of sp³-hybridized carbons (Fsp3) is 0.462. The van der Waals surface area contributed by atoms with E-state index in [-0.39, 0.29) is 6.04 Å². The molecule has 0 bridgehead atoms. The van der Waals surface area contributed by atoms with Gasteiger partial charge in [-0.25, -0.2) is 4.98 Å². The first-order chi connectivity index (χ1) is 9.24. The molecule has 5 nitrogen and oxygen atoms in total. The number of pyridine rings is 1. The molecule has 19 heavy (non-hydrogen) atoms. The summed E-state index contributed by atoms with van der Waals surface area (Å²) in [5, 5.41) is 21.2. The van der Waals surface area contributed by atoms with Crippen LogP contribution in [0.5, 0.6) is 0 Å². The second kappa shape index (κ2) is 6.38. The van der Waals surface area contributed by atoms with Gasteiger partial charge in [-0.2, -0.15) is 10.5 Å². The smallest absolute Gasteiger partial charge is 0.146 e. The summed E-state index contributed by atoms with van der Waals surface area (Å²) in [5.41, 5.74) is 0.432. The number of nitriles is 2. The maximum absolute atomic E-state index is 8.92. The maximum atomic E-state index is 8.92. The van der Waals surface area contributed by atoms with Crippen molar-refractivity contribution in [3.05, 3.63) is 22.8 Å². The van der Waals surface area contributed by atoms with Crippen LogP contribution in [0.1, 0.15) is 18.4 Å². The Labute approximate surface area is 117 Å². The molecule has 0 aliphatic carbocycles. The van der Waals surface area contributed by atoms with Crippen LogP contribution >= 0.6 is 11.6 Å². The lowest BCUT2D eigenvalue weighted by Crippen LogP contribution is -2.39. The van der Waals surface area contributed by atoms with Gasteiger partial charge < -0.3 is 5.32 Å². The molecule has 6 heteroatoms. The lowest BCUT2D eigenvalue weighted by molar-refractivity contribution is 0.242. The standard InChI is InChI=1S/C13H14ClN5/c14-12-10(9-16)1-5-17-13(12)18-11-2-6-19(7-3-11)8-4-15/h1,5,11H,2-3,6-8H2,(H,17,18). The normalized spacial score (nSPS) is 16.6. The molecule has 1 fully saturated rings. The molecule has 0 saturated carbocycles.